The highest BCUT2D eigenvalue weighted by Crippen LogP contribution is 2.43. The van der Waals surface area contributed by atoms with Gasteiger partial charge >= 0.3 is 13.8 Å². The van der Waals surface area contributed by atoms with Crippen molar-refractivity contribution in [3.63, 3.8) is 0 Å². The van der Waals surface area contributed by atoms with Crippen molar-refractivity contribution < 1.29 is 32.8 Å². The second-order valence-corrected chi connectivity index (χ2v) is 19.5. The number of nitrogens with two attached hydrogens (primary N) is 1. The lowest BCUT2D eigenvalue weighted by Crippen LogP contribution is -2.28. The van der Waals surface area contributed by atoms with Crippen LogP contribution in [0.15, 0.2) is 97.2 Å². The van der Waals surface area contributed by atoms with E-state index in [2.05, 4.69) is 111 Å². The minimum atomic E-state index is -4.30. The summed E-state index contributed by atoms with van der Waals surface area (Å²) in [6, 6.07) is 0. The normalized spacial score (nSPS) is 14.0. The van der Waals surface area contributed by atoms with Crippen molar-refractivity contribution in [2.24, 2.45) is 5.73 Å². The van der Waals surface area contributed by atoms with E-state index < -0.39 is 13.9 Å². The van der Waals surface area contributed by atoms with Gasteiger partial charge in [-0.05, 0) is 96.3 Å². The van der Waals surface area contributed by atoms with E-state index in [0.29, 0.717) is 13.0 Å². The molecule has 68 heavy (non-hydrogen) atoms. The van der Waals surface area contributed by atoms with Gasteiger partial charge in [-0.1, -0.05) is 227 Å². The summed E-state index contributed by atoms with van der Waals surface area (Å²) in [5.74, 6) is -0.363. The van der Waals surface area contributed by atoms with Crippen LogP contribution in [0.5, 0.6) is 0 Å². The lowest BCUT2D eigenvalue weighted by atomic mass is 10.0. The van der Waals surface area contributed by atoms with Crippen LogP contribution in [0.2, 0.25) is 0 Å². The number of carbonyl (C=O) groups is 1. The van der Waals surface area contributed by atoms with E-state index in [1.54, 1.807) is 0 Å². The Hall–Kier alpha value is -2.58. The van der Waals surface area contributed by atoms with Crippen LogP contribution in [0, 0.1) is 0 Å². The molecule has 2 atom stereocenters. The van der Waals surface area contributed by atoms with Crippen LogP contribution in [0.3, 0.4) is 0 Å². The third-order valence-electron chi connectivity index (χ3n) is 11.5. The number of phosphoric acid groups is 1. The minimum absolute atomic E-state index is 0.0899. The largest absolute Gasteiger partial charge is 0.472 e. The molecule has 0 aromatic carbocycles. The Bertz CT molecular complexity index is 1370. The number of rotatable bonds is 52. The number of ether oxygens (including phenoxy) is 2. The van der Waals surface area contributed by atoms with E-state index in [0.717, 1.165) is 77.0 Å². The van der Waals surface area contributed by atoms with Crippen molar-refractivity contribution >= 4 is 13.8 Å². The van der Waals surface area contributed by atoms with Gasteiger partial charge < -0.3 is 20.1 Å². The van der Waals surface area contributed by atoms with Crippen molar-refractivity contribution in [3.05, 3.63) is 97.2 Å². The van der Waals surface area contributed by atoms with Crippen LogP contribution in [0.25, 0.3) is 0 Å². The molecule has 0 aliphatic heterocycles. The Morgan fingerprint density at radius 2 is 0.824 bits per heavy atom. The lowest BCUT2D eigenvalue weighted by Gasteiger charge is -2.20. The first-order valence-corrected chi connectivity index (χ1v) is 29.2. The average molecular weight is 970 g/mol. The molecule has 0 spiro atoms. The number of hydrogen-bond acceptors (Lipinski definition) is 7. The van der Waals surface area contributed by atoms with E-state index >= 15 is 0 Å². The topological polar surface area (TPSA) is 117 Å². The number of unbranched alkanes of at least 4 members (excludes halogenated alkanes) is 23. The lowest BCUT2D eigenvalue weighted by molar-refractivity contribution is -0.154. The molecule has 0 saturated heterocycles. The van der Waals surface area contributed by atoms with Gasteiger partial charge in [-0.25, -0.2) is 4.57 Å². The fourth-order valence-corrected chi connectivity index (χ4v) is 8.21. The van der Waals surface area contributed by atoms with Crippen LogP contribution >= 0.6 is 7.82 Å². The summed E-state index contributed by atoms with van der Waals surface area (Å²) in [7, 11) is -4.30. The summed E-state index contributed by atoms with van der Waals surface area (Å²) >= 11 is 0. The van der Waals surface area contributed by atoms with Crippen LogP contribution in [0.4, 0.5) is 0 Å². The van der Waals surface area contributed by atoms with Gasteiger partial charge in [0.15, 0.2) is 0 Å². The van der Waals surface area contributed by atoms with E-state index in [1.807, 2.05) is 0 Å². The smallest absolute Gasteiger partial charge is 0.457 e. The summed E-state index contributed by atoms with van der Waals surface area (Å²) in [6.07, 6.45) is 74.5. The fraction of sp³-hybridized carbons (Fsp3) is 0.712. The molecule has 8 nitrogen and oxygen atoms in total. The zero-order valence-electron chi connectivity index (χ0n) is 43.8. The molecule has 0 aliphatic carbocycles. The van der Waals surface area contributed by atoms with Gasteiger partial charge in [0.05, 0.1) is 19.8 Å². The molecule has 0 bridgehead atoms. The summed E-state index contributed by atoms with van der Waals surface area (Å²) in [5, 5.41) is 0. The molecule has 9 heteroatoms. The molecule has 0 aromatic heterocycles. The number of esters is 1. The number of allylic oxidation sites excluding steroid dienone is 16. The molecule has 392 valence electrons. The highest BCUT2D eigenvalue weighted by atomic mass is 31.2. The molecule has 0 amide bonds. The van der Waals surface area contributed by atoms with E-state index in [9.17, 15) is 14.3 Å². The maximum Gasteiger partial charge on any atom is 0.472 e. The molecule has 3 N–H and O–H groups in total. The molecule has 0 saturated carbocycles. The number of carbonyl (C=O) groups excluding carboxylic acids is 1. The minimum Gasteiger partial charge on any atom is -0.457 e. The summed E-state index contributed by atoms with van der Waals surface area (Å²) in [5.41, 5.74) is 5.40. The van der Waals surface area contributed by atoms with Crippen molar-refractivity contribution in [1.82, 2.24) is 0 Å². The molecular formula is C59H104NO7P. The SMILES string of the molecule is CC/C=C\C/C=C\C/C=C\C/C=C\C/C=C\C/C=C\C/C=C\CCCCCC(=O)OC(COCCCCCCCCCCCCCC/C=C\CCCCCCCCCC)COP(=O)(O)OCCN. The molecule has 0 radical (unpaired) electrons. The third kappa shape index (κ3) is 54.4. The van der Waals surface area contributed by atoms with E-state index in [-0.39, 0.29) is 38.8 Å². The summed E-state index contributed by atoms with van der Waals surface area (Å²) < 4.78 is 33.6. The second kappa shape index (κ2) is 55.3. The maximum absolute atomic E-state index is 12.7. The number of hydrogen-bond donors (Lipinski definition) is 2. The first-order chi connectivity index (χ1) is 33.4. The molecular weight excluding hydrogens is 866 g/mol. The zero-order chi connectivity index (χ0) is 49.4. The Kier molecular flexibility index (Phi) is 53.2. The standard InChI is InChI=1S/C59H104NO7P/c1-3-5-7-9-11-13-15-17-19-21-23-25-27-29-30-32-34-36-38-40-42-44-46-48-50-52-59(61)67-58(57-66-68(62,63)65-55-53-60)56-64-54-51-49-47-45-43-41-39-37-35-33-31-28-26-24-22-20-18-16-14-12-10-8-6-4-2/h5,7,11,13,17,19,22-25,29-30,34,36,40,42,58H,3-4,6,8-10,12,14-16,18,20-21,26-28,31-33,35,37-39,41,43-57,60H2,1-2H3,(H,62,63)/b7-5-,13-11-,19-17-,24-22-,25-23-,30-29-,36-34-,42-40-. The van der Waals surface area contributed by atoms with Crippen LogP contribution in [-0.4, -0.2) is 49.9 Å². The molecule has 0 aromatic rings. The van der Waals surface area contributed by atoms with Gasteiger partial charge in [0.1, 0.15) is 6.10 Å². The highest BCUT2D eigenvalue weighted by molar-refractivity contribution is 7.47. The quantitative estimate of drug-likeness (QED) is 0.0268. The molecule has 0 fully saturated rings. The monoisotopic (exact) mass is 970 g/mol. The fourth-order valence-electron chi connectivity index (χ4n) is 7.44. The van der Waals surface area contributed by atoms with Gasteiger partial charge in [0.25, 0.3) is 0 Å². The van der Waals surface area contributed by atoms with Crippen LogP contribution in [-0.2, 0) is 27.9 Å². The van der Waals surface area contributed by atoms with Crippen molar-refractivity contribution in [1.29, 1.82) is 0 Å². The Balaban J connectivity index is 4.01. The van der Waals surface area contributed by atoms with Crippen molar-refractivity contribution in [2.75, 3.05) is 33.0 Å². The van der Waals surface area contributed by atoms with Gasteiger partial charge in [-0.15, -0.1) is 0 Å². The highest BCUT2D eigenvalue weighted by Gasteiger charge is 2.25. The van der Waals surface area contributed by atoms with Crippen molar-refractivity contribution in [3.8, 4) is 0 Å². The molecule has 0 aliphatic rings. The summed E-state index contributed by atoms with van der Waals surface area (Å²) in [4.78, 5) is 22.6. The summed E-state index contributed by atoms with van der Waals surface area (Å²) in [6.45, 7) is 4.77. The Labute approximate surface area is 419 Å². The Morgan fingerprint density at radius 3 is 1.25 bits per heavy atom. The Morgan fingerprint density at radius 1 is 0.456 bits per heavy atom. The van der Waals surface area contributed by atoms with Gasteiger partial charge in [-0.2, -0.15) is 0 Å². The predicted molar refractivity (Wildman–Crippen MR) is 293 cm³/mol. The first-order valence-electron chi connectivity index (χ1n) is 27.7. The molecule has 0 heterocycles. The van der Waals surface area contributed by atoms with E-state index in [4.69, 9.17) is 24.3 Å². The van der Waals surface area contributed by atoms with Gasteiger partial charge in [-0.3, -0.25) is 13.8 Å². The third-order valence-corrected chi connectivity index (χ3v) is 12.5. The van der Waals surface area contributed by atoms with Crippen LogP contribution in [0.1, 0.15) is 232 Å². The molecule has 0 rings (SSSR count). The van der Waals surface area contributed by atoms with Crippen LogP contribution < -0.4 is 5.73 Å². The van der Waals surface area contributed by atoms with Gasteiger partial charge in [0.2, 0.25) is 0 Å². The number of phosphoric ester groups is 1. The zero-order valence-corrected chi connectivity index (χ0v) is 44.7. The van der Waals surface area contributed by atoms with E-state index in [1.165, 1.54) is 128 Å². The average Bonchev–Trinajstić information content (AvgIpc) is 3.33. The van der Waals surface area contributed by atoms with Crippen molar-refractivity contribution in [2.45, 2.75) is 238 Å². The molecule has 2 unspecified atom stereocenters. The van der Waals surface area contributed by atoms with Gasteiger partial charge in [0, 0.05) is 19.6 Å². The maximum atomic E-state index is 12.7. The second-order valence-electron chi connectivity index (χ2n) is 18.1. The predicted octanol–water partition coefficient (Wildman–Crippen LogP) is 17.8. The first kappa shape index (κ1) is 65.4.